The lowest BCUT2D eigenvalue weighted by molar-refractivity contribution is -0.385. The van der Waals surface area contributed by atoms with Gasteiger partial charge < -0.3 is 5.32 Å². The van der Waals surface area contributed by atoms with Gasteiger partial charge >= 0.3 is 0 Å². The number of carbonyl (C=O) groups excluding carboxylic acids is 1. The van der Waals surface area contributed by atoms with E-state index >= 15 is 0 Å². The van der Waals surface area contributed by atoms with Crippen molar-refractivity contribution >= 4 is 17.3 Å². The third kappa shape index (κ3) is 2.66. The number of rotatable bonds is 3. The van der Waals surface area contributed by atoms with Crippen molar-refractivity contribution in [2.24, 2.45) is 0 Å². The average molecular weight is 270 g/mol. The zero-order valence-electron chi connectivity index (χ0n) is 11.2. The molecule has 2 aromatic rings. The Morgan fingerprint density at radius 3 is 2.45 bits per heavy atom. The second-order valence-corrected chi connectivity index (χ2v) is 4.48. The first kappa shape index (κ1) is 13.7. The van der Waals surface area contributed by atoms with E-state index in [1.54, 1.807) is 31.2 Å². The summed E-state index contributed by atoms with van der Waals surface area (Å²) in [4.78, 5) is 22.6. The molecule has 0 aliphatic heterocycles. The van der Waals surface area contributed by atoms with Crippen LogP contribution in [-0.4, -0.2) is 10.8 Å². The van der Waals surface area contributed by atoms with E-state index in [1.165, 1.54) is 6.07 Å². The summed E-state index contributed by atoms with van der Waals surface area (Å²) >= 11 is 0. The van der Waals surface area contributed by atoms with Crippen molar-refractivity contribution in [2.75, 3.05) is 5.32 Å². The van der Waals surface area contributed by atoms with Gasteiger partial charge in [-0.1, -0.05) is 24.3 Å². The molecule has 0 saturated heterocycles. The fraction of sp³-hybridized carbons (Fsp3) is 0.133. The summed E-state index contributed by atoms with van der Waals surface area (Å²) in [7, 11) is 0. The number of hydrogen-bond donors (Lipinski definition) is 1. The normalized spacial score (nSPS) is 10.1. The van der Waals surface area contributed by atoms with Gasteiger partial charge in [-0.15, -0.1) is 0 Å². The van der Waals surface area contributed by atoms with E-state index < -0.39 is 4.92 Å². The maximum Gasteiger partial charge on any atom is 0.274 e. The Hall–Kier alpha value is -2.69. The predicted molar refractivity (Wildman–Crippen MR) is 77.0 cm³/mol. The number of aryl methyl sites for hydroxylation is 1. The maximum absolute atomic E-state index is 12.2. The zero-order valence-corrected chi connectivity index (χ0v) is 11.2. The number of carbonyl (C=O) groups is 1. The van der Waals surface area contributed by atoms with Crippen LogP contribution in [0.25, 0.3) is 0 Å². The van der Waals surface area contributed by atoms with Gasteiger partial charge in [-0.3, -0.25) is 14.9 Å². The topological polar surface area (TPSA) is 72.2 Å². The van der Waals surface area contributed by atoms with Crippen LogP contribution in [0.15, 0.2) is 42.5 Å². The van der Waals surface area contributed by atoms with Gasteiger partial charge in [0.15, 0.2) is 0 Å². The molecule has 0 fully saturated rings. The molecule has 0 unspecified atom stereocenters. The van der Waals surface area contributed by atoms with Crippen molar-refractivity contribution in [3.05, 3.63) is 69.3 Å². The van der Waals surface area contributed by atoms with Crippen molar-refractivity contribution in [3.8, 4) is 0 Å². The van der Waals surface area contributed by atoms with Crippen LogP contribution in [0, 0.1) is 24.0 Å². The Balaban J connectivity index is 2.32. The first-order chi connectivity index (χ1) is 9.50. The molecule has 0 radical (unpaired) electrons. The van der Waals surface area contributed by atoms with E-state index in [9.17, 15) is 14.9 Å². The van der Waals surface area contributed by atoms with Crippen LogP contribution >= 0.6 is 0 Å². The molecule has 0 aliphatic carbocycles. The first-order valence-corrected chi connectivity index (χ1v) is 6.11. The molecule has 5 nitrogen and oxygen atoms in total. The Bertz CT molecular complexity index is 681. The largest absolute Gasteiger partial charge is 0.321 e. The predicted octanol–water partition coefficient (Wildman–Crippen LogP) is 3.46. The summed E-state index contributed by atoms with van der Waals surface area (Å²) < 4.78 is 0. The SMILES string of the molecule is Cc1ccccc1C(=O)Nc1cccc([N+](=O)[O-])c1C. The number of hydrogen-bond acceptors (Lipinski definition) is 3. The van der Waals surface area contributed by atoms with Crippen LogP contribution in [0.1, 0.15) is 21.5 Å². The number of nitrogens with one attached hydrogen (secondary N) is 1. The fourth-order valence-corrected chi connectivity index (χ4v) is 1.97. The van der Waals surface area contributed by atoms with Gasteiger partial charge in [0, 0.05) is 11.6 Å². The smallest absolute Gasteiger partial charge is 0.274 e. The quantitative estimate of drug-likeness (QED) is 0.685. The van der Waals surface area contributed by atoms with Crippen molar-refractivity contribution in [1.29, 1.82) is 0 Å². The van der Waals surface area contributed by atoms with E-state index in [-0.39, 0.29) is 11.6 Å². The van der Waals surface area contributed by atoms with Crippen LogP contribution in [0.4, 0.5) is 11.4 Å². The molecule has 0 aromatic heterocycles. The van der Waals surface area contributed by atoms with Gasteiger partial charge in [-0.05, 0) is 31.5 Å². The third-order valence-electron chi connectivity index (χ3n) is 3.14. The van der Waals surface area contributed by atoms with Crippen molar-refractivity contribution in [3.63, 3.8) is 0 Å². The summed E-state index contributed by atoms with van der Waals surface area (Å²) in [6.07, 6.45) is 0. The number of nitrogens with zero attached hydrogens (tertiary/aromatic N) is 1. The van der Waals surface area contributed by atoms with Crippen LogP contribution in [0.3, 0.4) is 0 Å². The monoisotopic (exact) mass is 270 g/mol. The Morgan fingerprint density at radius 1 is 1.10 bits per heavy atom. The summed E-state index contributed by atoms with van der Waals surface area (Å²) in [5.74, 6) is -0.272. The fourth-order valence-electron chi connectivity index (χ4n) is 1.97. The molecule has 0 bridgehead atoms. The molecule has 1 N–H and O–H groups in total. The average Bonchev–Trinajstić information content (AvgIpc) is 2.41. The Kier molecular flexibility index (Phi) is 3.79. The minimum Gasteiger partial charge on any atom is -0.321 e. The molecule has 0 aliphatic rings. The molecular formula is C15H14N2O3. The molecule has 0 spiro atoms. The molecule has 102 valence electrons. The van der Waals surface area contributed by atoms with Crippen molar-refractivity contribution in [2.45, 2.75) is 13.8 Å². The second kappa shape index (κ2) is 5.52. The van der Waals surface area contributed by atoms with E-state index in [2.05, 4.69) is 5.32 Å². The highest BCUT2D eigenvalue weighted by molar-refractivity contribution is 6.05. The molecule has 0 saturated carbocycles. The van der Waals surface area contributed by atoms with Crippen LogP contribution in [0.5, 0.6) is 0 Å². The maximum atomic E-state index is 12.2. The second-order valence-electron chi connectivity index (χ2n) is 4.48. The summed E-state index contributed by atoms with van der Waals surface area (Å²) in [6, 6.07) is 11.8. The molecule has 1 amide bonds. The van der Waals surface area contributed by atoms with Gasteiger partial charge in [0.1, 0.15) is 0 Å². The molecule has 2 aromatic carbocycles. The minimum atomic E-state index is -0.460. The highest BCUT2D eigenvalue weighted by Crippen LogP contribution is 2.25. The number of benzene rings is 2. The molecule has 2 rings (SSSR count). The number of nitro groups is 1. The standard InChI is InChI=1S/C15H14N2O3/c1-10-6-3-4-7-12(10)15(18)16-13-8-5-9-14(11(13)2)17(19)20/h3-9H,1-2H3,(H,16,18). The van der Waals surface area contributed by atoms with Crippen molar-refractivity contribution < 1.29 is 9.72 Å². The molecule has 5 heteroatoms. The molecule has 0 atom stereocenters. The summed E-state index contributed by atoms with van der Waals surface area (Å²) in [6.45, 7) is 3.46. The Morgan fingerprint density at radius 2 is 1.80 bits per heavy atom. The zero-order chi connectivity index (χ0) is 14.7. The van der Waals surface area contributed by atoms with Gasteiger partial charge in [-0.25, -0.2) is 0 Å². The van der Waals surface area contributed by atoms with Gasteiger partial charge in [0.05, 0.1) is 16.2 Å². The van der Waals surface area contributed by atoms with Gasteiger partial charge in [0.25, 0.3) is 11.6 Å². The highest BCUT2D eigenvalue weighted by atomic mass is 16.6. The van der Waals surface area contributed by atoms with E-state index in [4.69, 9.17) is 0 Å². The lowest BCUT2D eigenvalue weighted by Gasteiger charge is -2.10. The highest BCUT2D eigenvalue weighted by Gasteiger charge is 2.16. The van der Waals surface area contributed by atoms with E-state index in [0.29, 0.717) is 16.8 Å². The minimum absolute atomic E-state index is 0.00687. The van der Waals surface area contributed by atoms with E-state index in [1.807, 2.05) is 19.1 Å². The molecule has 0 heterocycles. The number of anilines is 1. The van der Waals surface area contributed by atoms with Gasteiger partial charge in [0.2, 0.25) is 0 Å². The van der Waals surface area contributed by atoms with Crippen molar-refractivity contribution in [1.82, 2.24) is 0 Å². The van der Waals surface area contributed by atoms with Crippen LogP contribution < -0.4 is 5.32 Å². The van der Waals surface area contributed by atoms with Gasteiger partial charge in [-0.2, -0.15) is 0 Å². The first-order valence-electron chi connectivity index (χ1n) is 6.11. The van der Waals surface area contributed by atoms with Crippen LogP contribution in [-0.2, 0) is 0 Å². The third-order valence-corrected chi connectivity index (χ3v) is 3.14. The molecule has 20 heavy (non-hydrogen) atoms. The van der Waals surface area contributed by atoms with Crippen LogP contribution in [0.2, 0.25) is 0 Å². The van der Waals surface area contributed by atoms with E-state index in [0.717, 1.165) is 5.56 Å². The number of nitro benzene ring substituents is 1. The number of amides is 1. The Labute approximate surface area is 116 Å². The lowest BCUT2D eigenvalue weighted by atomic mass is 10.1. The summed E-state index contributed by atoms with van der Waals surface area (Å²) in [5.41, 5.74) is 2.30. The summed E-state index contributed by atoms with van der Waals surface area (Å²) in [5, 5.41) is 13.6. The lowest BCUT2D eigenvalue weighted by Crippen LogP contribution is -2.14. The molecular weight excluding hydrogens is 256 g/mol.